The summed E-state index contributed by atoms with van der Waals surface area (Å²) >= 11 is 0. The number of methoxy groups -OCH3 is 1. The van der Waals surface area contributed by atoms with Crippen molar-refractivity contribution in [2.45, 2.75) is 6.61 Å². The van der Waals surface area contributed by atoms with Gasteiger partial charge in [0.25, 0.3) is 5.91 Å². The zero-order chi connectivity index (χ0) is 20.2. The molecule has 0 saturated carbocycles. The van der Waals surface area contributed by atoms with E-state index >= 15 is 0 Å². The molecule has 0 aliphatic carbocycles. The Bertz CT molecular complexity index is 1040. The summed E-state index contributed by atoms with van der Waals surface area (Å²) in [6.07, 6.45) is 0. The molecule has 0 atom stereocenters. The minimum absolute atomic E-state index is 0.0694. The van der Waals surface area contributed by atoms with Crippen LogP contribution in [0.4, 0.5) is 11.4 Å². The van der Waals surface area contributed by atoms with Crippen LogP contribution in [0.25, 0.3) is 0 Å². The minimum atomic E-state index is -0.280. The molecule has 1 N–H and O–H groups in total. The van der Waals surface area contributed by atoms with Gasteiger partial charge in [-0.15, -0.1) is 0 Å². The third-order valence-corrected chi connectivity index (χ3v) is 4.66. The van der Waals surface area contributed by atoms with Gasteiger partial charge in [-0.05, 0) is 23.8 Å². The smallest absolute Gasteiger partial charge is 0.261 e. The summed E-state index contributed by atoms with van der Waals surface area (Å²) in [5.41, 5.74) is 2.41. The number of nitrogens with one attached hydrogen (secondary N) is 1. The van der Waals surface area contributed by atoms with Crippen LogP contribution < -0.4 is 19.7 Å². The molecule has 0 saturated heterocycles. The standard InChI is InChI=1S/C23H20N2O4/c1-28-20-12-18-19(13-21(20)29-15-16-8-4-2-5-9-16)24-22(26)14-25(23(18)27)17-10-6-3-7-11-17/h2-13H,14-15H2,1H3,(H,24,26). The Labute approximate surface area is 168 Å². The Hall–Kier alpha value is -3.80. The molecule has 1 aliphatic rings. The number of hydrogen-bond acceptors (Lipinski definition) is 4. The van der Waals surface area contributed by atoms with E-state index in [1.54, 1.807) is 24.3 Å². The van der Waals surface area contributed by atoms with Gasteiger partial charge in [-0.25, -0.2) is 0 Å². The lowest BCUT2D eigenvalue weighted by Crippen LogP contribution is -2.34. The van der Waals surface area contributed by atoms with E-state index < -0.39 is 0 Å². The Morgan fingerprint density at radius 2 is 1.62 bits per heavy atom. The van der Waals surface area contributed by atoms with Crippen LogP contribution in [0.5, 0.6) is 11.5 Å². The van der Waals surface area contributed by atoms with Gasteiger partial charge in [0.05, 0.1) is 18.4 Å². The van der Waals surface area contributed by atoms with Crippen LogP contribution >= 0.6 is 0 Å². The molecule has 4 rings (SSSR count). The quantitative estimate of drug-likeness (QED) is 0.720. The molecule has 146 valence electrons. The number of carbonyl (C=O) groups is 2. The summed E-state index contributed by atoms with van der Waals surface area (Å²) in [4.78, 5) is 27.1. The van der Waals surface area contributed by atoms with Gasteiger partial charge in [0.1, 0.15) is 13.2 Å². The monoisotopic (exact) mass is 388 g/mol. The van der Waals surface area contributed by atoms with Crippen molar-refractivity contribution in [3.8, 4) is 11.5 Å². The number of fused-ring (bicyclic) bond motifs is 1. The Morgan fingerprint density at radius 3 is 2.31 bits per heavy atom. The summed E-state index contributed by atoms with van der Waals surface area (Å²) < 4.78 is 11.4. The zero-order valence-electron chi connectivity index (χ0n) is 15.9. The van der Waals surface area contributed by atoms with Gasteiger partial charge in [-0.2, -0.15) is 0 Å². The minimum Gasteiger partial charge on any atom is -0.493 e. The van der Waals surface area contributed by atoms with E-state index in [0.717, 1.165) is 5.56 Å². The van der Waals surface area contributed by atoms with Gasteiger partial charge in [-0.3, -0.25) is 14.5 Å². The molecule has 1 heterocycles. The highest BCUT2D eigenvalue weighted by atomic mass is 16.5. The molecule has 6 heteroatoms. The van der Waals surface area contributed by atoms with Gasteiger partial charge in [0, 0.05) is 11.8 Å². The molecule has 2 amide bonds. The number of amides is 2. The fourth-order valence-corrected chi connectivity index (χ4v) is 3.21. The summed E-state index contributed by atoms with van der Waals surface area (Å²) in [6, 6.07) is 22.1. The topological polar surface area (TPSA) is 67.9 Å². The van der Waals surface area contributed by atoms with Crippen LogP contribution in [0.15, 0.2) is 72.8 Å². The second-order valence-corrected chi connectivity index (χ2v) is 6.60. The molecule has 0 unspecified atom stereocenters. The Balaban J connectivity index is 1.68. The van der Waals surface area contributed by atoms with E-state index in [9.17, 15) is 9.59 Å². The van der Waals surface area contributed by atoms with Crippen LogP contribution in [-0.2, 0) is 11.4 Å². The predicted octanol–water partition coefficient (Wildman–Crippen LogP) is 3.87. The largest absolute Gasteiger partial charge is 0.493 e. The molecular formula is C23H20N2O4. The second-order valence-electron chi connectivity index (χ2n) is 6.60. The average molecular weight is 388 g/mol. The van der Waals surface area contributed by atoms with Crippen LogP contribution in [0.3, 0.4) is 0 Å². The number of anilines is 2. The number of ether oxygens (including phenoxy) is 2. The predicted molar refractivity (Wildman–Crippen MR) is 111 cm³/mol. The van der Waals surface area contributed by atoms with Crippen molar-refractivity contribution >= 4 is 23.2 Å². The molecule has 0 radical (unpaired) electrons. The second kappa shape index (κ2) is 8.06. The maximum atomic E-state index is 13.2. The Kier molecular flexibility index (Phi) is 5.16. The normalized spacial score (nSPS) is 13.3. The molecular weight excluding hydrogens is 368 g/mol. The van der Waals surface area contributed by atoms with Crippen molar-refractivity contribution in [3.63, 3.8) is 0 Å². The maximum absolute atomic E-state index is 13.2. The zero-order valence-corrected chi connectivity index (χ0v) is 15.9. The fourth-order valence-electron chi connectivity index (χ4n) is 3.21. The van der Waals surface area contributed by atoms with Crippen molar-refractivity contribution < 1.29 is 19.1 Å². The molecule has 29 heavy (non-hydrogen) atoms. The lowest BCUT2D eigenvalue weighted by molar-refractivity contribution is -0.114. The molecule has 0 fully saturated rings. The van der Waals surface area contributed by atoms with Crippen molar-refractivity contribution in [2.24, 2.45) is 0 Å². The van der Waals surface area contributed by atoms with E-state index in [2.05, 4.69) is 5.32 Å². The van der Waals surface area contributed by atoms with Gasteiger partial charge in [0.15, 0.2) is 11.5 Å². The van der Waals surface area contributed by atoms with E-state index in [-0.39, 0.29) is 18.4 Å². The van der Waals surface area contributed by atoms with Gasteiger partial charge < -0.3 is 14.8 Å². The number of carbonyl (C=O) groups excluding carboxylic acids is 2. The van der Waals surface area contributed by atoms with Crippen LogP contribution in [0, 0.1) is 0 Å². The highest BCUT2D eigenvalue weighted by molar-refractivity contribution is 6.17. The number of benzene rings is 3. The molecule has 0 bridgehead atoms. The number of para-hydroxylation sites is 1. The van der Waals surface area contributed by atoms with Crippen LogP contribution in [0.1, 0.15) is 15.9 Å². The van der Waals surface area contributed by atoms with Gasteiger partial charge in [0.2, 0.25) is 5.91 Å². The third kappa shape index (κ3) is 3.91. The first-order chi connectivity index (χ1) is 14.2. The first kappa shape index (κ1) is 18.6. The molecule has 6 nitrogen and oxygen atoms in total. The molecule has 3 aromatic rings. The van der Waals surface area contributed by atoms with Crippen molar-refractivity contribution in [1.29, 1.82) is 0 Å². The van der Waals surface area contributed by atoms with Gasteiger partial charge >= 0.3 is 0 Å². The van der Waals surface area contributed by atoms with Crippen molar-refractivity contribution in [1.82, 2.24) is 0 Å². The first-order valence-electron chi connectivity index (χ1n) is 9.21. The van der Waals surface area contributed by atoms with Crippen LogP contribution in [0.2, 0.25) is 0 Å². The van der Waals surface area contributed by atoms with E-state index in [4.69, 9.17) is 9.47 Å². The summed E-state index contributed by atoms with van der Waals surface area (Å²) in [5, 5.41) is 2.81. The highest BCUT2D eigenvalue weighted by Gasteiger charge is 2.29. The average Bonchev–Trinajstić information content (AvgIpc) is 2.88. The first-order valence-corrected chi connectivity index (χ1v) is 9.21. The lowest BCUT2D eigenvalue weighted by Gasteiger charge is -2.20. The van der Waals surface area contributed by atoms with Crippen molar-refractivity contribution in [2.75, 3.05) is 23.9 Å². The summed E-state index contributed by atoms with van der Waals surface area (Å²) in [7, 11) is 1.52. The fraction of sp³-hybridized carbons (Fsp3) is 0.130. The third-order valence-electron chi connectivity index (χ3n) is 4.66. The molecule has 0 aromatic heterocycles. The van der Waals surface area contributed by atoms with Crippen LogP contribution in [-0.4, -0.2) is 25.5 Å². The number of rotatable bonds is 5. The SMILES string of the molecule is COc1cc2c(cc1OCc1ccccc1)NC(=O)CN(c1ccccc1)C2=O. The highest BCUT2D eigenvalue weighted by Crippen LogP contribution is 2.36. The molecule has 3 aromatic carbocycles. The summed E-state index contributed by atoms with van der Waals surface area (Å²) in [6.45, 7) is 0.272. The van der Waals surface area contributed by atoms with E-state index in [1.165, 1.54) is 12.0 Å². The summed E-state index contributed by atoms with van der Waals surface area (Å²) in [5.74, 6) is 0.325. The van der Waals surface area contributed by atoms with E-state index in [1.807, 2.05) is 48.5 Å². The Morgan fingerprint density at radius 1 is 0.931 bits per heavy atom. The maximum Gasteiger partial charge on any atom is 0.261 e. The van der Waals surface area contributed by atoms with Gasteiger partial charge in [-0.1, -0.05) is 48.5 Å². The number of nitrogens with zero attached hydrogens (tertiary/aromatic N) is 1. The molecule has 1 aliphatic heterocycles. The molecule has 0 spiro atoms. The number of hydrogen-bond donors (Lipinski definition) is 1. The van der Waals surface area contributed by atoms with E-state index in [0.29, 0.717) is 35.0 Å². The lowest BCUT2D eigenvalue weighted by atomic mass is 10.1. The van der Waals surface area contributed by atoms with Crippen molar-refractivity contribution in [3.05, 3.63) is 83.9 Å².